The van der Waals surface area contributed by atoms with Crippen LogP contribution in [0.3, 0.4) is 0 Å². The van der Waals surface area contributed by atoms with Crippen molar-refractivity contribution in [3.8, 4) is 6.07 Å². The number of nitriles is 1. The van der Waals surface area contributed by atoms with Gasteiger partial charge in [0.25, 0.3) is 0 Å². The van der Waals surface area contributed by atoms with Crippen molar-refractivity contribution < 1.29 is 0 Å². The second-order valence-corrected chi connectivity index (χ2v) is 3.78. The number of rotatable bonds is 4. The Bertz CT molecular complexity index is 567. The van der Waals surface area contributed by atoms with Gasteiger partial charge in [0.2, 0.25) is 0 Å². The number of hydrogen-bond donors (Lipinski definition) is 2. The van der Waals surface area contributed by atoms with E-state index in [0.717, 1.165) is 29.8 Å². The predicted octanol–water partition coefficient (Wildman–Crippen LogP) is 1.94. The lowest BCUT2D eigenvalue weighted by Gasteiger charge is -2.10. The average Bonchev–Trinajstić information content (AvgIpc) is 2.90. The van der Waals surface area contributed by atoms with Crippen LogP contribution in [0, 0.1) is 11.3 Å². The maximum Gasteiger partial charge on any atom is 0.171 e. The number of aryl methyl sites for hydroxylation is 1. The van der Waals surface area contributed by atoms with Crippen molar-refractivity contribution in [2.24, 2.45) is 0 Å². The Morgan fingerprint density at radius 3 is 2.72 bits per heavy atom. The molecule has 0 aliphatic heterocycles. The highest BCUT2D eigenvalue weighted by Gasteiger charge is 2.14. The first-order valence-corrected chi connectivity index (χ1v) is 5.84. The molecular weight excluding hydrogens is 228 g/mol. The predicted molar refractivity (Wildman–Crippen MR) is 67.4 cm³/mol. The Labute approximate surface area is 105 Å². The molecule has 0 saturated carbocycles. The van der Waals surface area contributed by atoms with Crippen LogP contribution in [0.2, 0.25) is 0 Å². The lowest BCUT2D eigenvalue weighted by molar-refractivity contribution is 0.877. The topological polar surface area (TPSA) is 90.3 Å². The van der Waals surface area contributed by atoms with Gasteiger partial charge in [0.1, 0.15) is 11.6 Å². The molecule has 0 bridgehead atoms. The number of anilines is 2. The minimum atomic E-state index is 0.480. The third kappa shape index (κ3) is 2.15. The molecule has 6 nitrogen and oxygen atoms in total. The molecule has 18 heavy (non-hydrogen) atoms. The molecule has 0 radical (unpaired) electrons. The number of nitrogens with one attached hydrogen (secondary N) is 2. The fourth-order valence-corrected chi connectivity index (χ4v) is 1.84. The normalized spacial score (nSPS) is 10.1. The first-order chi connectivity index (χ1) is 8.80. The van der Waals surface area contributed by atoms with Crippen LogP contribution in [0.25, 0.3) is 0 Å². The molecule has 92 valence electrons. The van der Waals surface area contributed by atoms with Gasteiger partial charge in [0.15, 0.2) is 5.82 Å². The fourth-order valence-electron chi connectivity index (χ4n) is 1.84. The van der Waals surface area contributed by atoms with Gasteiger partial charge >= 0.3 is 0 Å². The molecule has 0 atom stereocenters. The van der Waals surface area contributed by atoms with Gasteiger partial charge in [-0.15, -0.1) is 5.10 Å². The largest absolute Gasteiger partial charge is 0.335 e. The van der Waals surface area contributed by atoms with E-state index in [1.54, 1.807) is 12.4 Å². The summed E-state index contributed by atoms with van der Waals surface area (Å²) in [5.74, 6) is 0.480. The van der Waals surface area contributed by atoms with Crippen molar-refractivity contribution >= 4 is 11.5 Å². The summed E-state index contributed by atoms with van der Waals surface area (Å²) in [6, 6.07) is 2.21. The number of aromatic amines is 1. The van der Waals surface area contributed by atoms with E-state index in [1.807, 2.05) is 13.8 Å². The maximum atomic E-state index is 9.30. The van der Waals surface area contributed by atoms with Crippen molar-refractivity contribution in [3.05, 3.63) is 29.2 Å². The maximum absolute atomic E-state index is 9.30. The van der Waals surface area contributed by atoms with E-state index in [2.05, 4.69) is 31.8 Å². The van der Waals surface area contributed by atoms with Crippen molar-refractivity contribution in [1.82, 2.24) is 20.4 Å². The van der Waals surface area contributed by atoms with Crippen LogP contribution in [-0.2, 0) is 12.8 Å². The minimum Gasteiger partial charge on any atom is -0.335 e. The Hall–Kier alpha value is -2.42. The van der Waals surface area contributed by atoms with Crippen LogP contribution in [0.4, 0.5) is 11.5 Å². The van der Waals surface area contributed by atoms with Crippen molar-refractivity contribution in [2.75, 3.05) is 5.32 Å². The summed E-state index contributed by atoms with van der Waals surface area (Å²) in [5, 5.41) is 27.1. The fraction of sp³-hybridized carbons (Fsp3) is 0.333. The lowest BCUT2D eigenvalue weighted by atomic mass is 10.0. The summed E-state index contributed by atoms with van der Waals surface area (Å²) in [4.78, 5) is 0. The van der Waals surface area contributed by atoms with Crippen LogP contribution < -0.4 is 5.32 Å². The van der Waals surface area contributed by atoms with Crippen LogP contribution >= 0.6 is 0 Å². The van der Waals surface area contributed by atoms with Gasteiger partial charge in [-0.3, -0.25) is 5.10 Å². The second kappa shape index (κ2) is 5.27. The van der Waals surface area contributed by atoms with Gasteiger partial charge in [-0.25, -0.2) is 0 Å². The third-order valence-electron chi connectivity index (χ3n) is 2.72. The van der Waals surface area contributed by atoms with Gasteiger partial charge in [-0.1, -0.05) is 13.8 Å². The first-order valence-electron chi connectivity index (χ1n) is 5.84. The molecule has 0 aliphatic rings. The molecule has 2 N–H and O–H groups in total. The van der Waals surface area contributed by atoms with Crippen molar-refractivity contribution in [1.29, 1.82) is 5.26 Å². The average molecular weight is 242 g/mol. The Kier molecular flexibility index (Phi) is 3.53. The molecule has 2 heterocycles. The molecule has 0 saturated heterocycles. The molecular formula is C12H14N6. The highest BCUT2D eigenvalue weighted by molar-refractivity contribution is 5.63. The zero-order chi connectivity index (χ0) is 13.0. The monoisotopic (exact) mass is 242 g/mol. The van der Waals surface area contributed by atoms with Gasteiger partial charge in [0.05, 0.1) is 17.6 Å². The summed E-state index contributed by atoms with van der Waals surface area (Å²) in [6.07, 6.45) is 4.86. The highest BCUT2D eigenvalue weighted by atomic mass is 15.2. The number of nitrogens with zero attached hydrogens (tertiary/aromatic N) is 4. The Morgan fingerprint density at radius 1 is 1.33 bits per heavy atom. The minimum absolute atomic E-state index is 0.480. The highest BCUT2D eigenvalue weighted by Crippen LogP contribution is 2.22. The van der Waals surface area contributed by atoms with Crippen molar-refractivity contribution in [3.63, 3.8) is 0 Å². The number of hydrogen-bond acceptors (Lipinski definition) is 5. The summed E-state index contributed by atoms with van der Waals surface area (Å²) >= 11 is 0. The van der Waals surface area contributed by atoms with Crippen molar-refractivity contribution in [2.45, 2.75) is 26.7 Å². The van der Waals surface area contributed by atoms with Crippen LogP contribution in [0.15, 0.2) is 12.4 Å². The quantitative estimate of drug-likeness (QED) is 0.855. The molecule has 0 aromatic carbocycles. The summed E-state index contributed by atoms with van der Waals surface area (Å²) < 4.78 is 0. The molecule has 6 heteroatoms. The van der Waals surface area contributed by atoms with Gasteiger partial charge < -0.3 is 5.32 Å². The number of aromatic nitrogens is 4. The molecule has 2 aromatic rings. The molecule has 2 rings (SSSR count). The van der Waals surface area contributed by atoms with Crippen LogP contribution in [0.5, 0.6) is 0 Å². The summed E-state index contributed by atoms with van der Waals surface area (Å²) in [6.45, 7) is 4.02. The standard InChI is InChI=1S/C12H14N6/c1-3-9-10(5-13)12(18-17-11(9)4-2)16-8-6-14-15-7-8/h6-7H,3-4H2,1-2H3,(H,14,15)(H,16,18). The van der Waals surface area contributed by atoms with Gasteiger partial charge in [0, 0.05) is 6.20 Å². The van der Waals surface area contributed by atoms with Crippen LogP contribution in [-0.4, -0.2) is 20.4 Å². The van der Waals surface area contributed by atoms with Crippen LogP contribution in [0.1, 0.15) is 30.7 Å². The second-order valence-electron chi connectivity index (χ2n) is 3.78. The molecule has 0 spiro atoms. The molecule has 0 fully saturated rings. The van der Waals surface area contributed by atoms with E-state index in [0.29, 0.717) is 11.4 Å². The lowest BCUT2D eigenvalue weighted by Crippen LogP contribution is -2.07. The zero-order valence-corrected chi connectivity index (χ0v) is 10.4. The van der Waals surface area contributed by atoms with E-state index in [1.165, 1.54) is 0 Å². The molecule has 0 unspecified atom stereocenters. The SMILES string of the molecule is CCc1nnc(Nc2cn[nH]c2)c(C#N)c1CC. The molecule has 0 amide bonds. The smallest absolute Gasteiger partial charge is 0.171 e. The van der Waals surface area contributed by atoms with E-state index in [-0.39, 0.29) is 0 Å². The zero-order valence-electron chi connectivity index (χ0n) is 10.4. The molecule has 0 aliphatic carbocycles. The molecule has 2 aromatic heterocycles. The Balaban J connectivity index is 2.45. The van der Waals surface area contributed by atoms with Gasteiger partial charge in [-0.05, 0) is 18.4 Å². The summed E-state index contributed by atoms with van der Waals surface area (Å²) in [5.41, 5.74) is 3.16. The van der Waals surface area contributed by atoms with E-state index >= 15 is 0 Å². The first kappa shape index (κ1) is 12.0. The van der Waals surface area contributed by atoms with E-state index in [4.69, 9.17) is 0 Å². The number of H-pyrrole nitrogens is 1. The van der Waals surface area contributed by atoms with E-state index in [9.17, 15) is 5.26 Å². The Morgan fingerprint density at radius 2 is 2.17 bits per heavy atom. The third-order valence-corrected chi connectivity index (χ3v) is 2.72. The van der Waals surface area contributed by atoms with E-state index < -0.39 is 0 Å². The van der Waals surface area contributed by atoms with Gasteiger partial charge in [-0.2, -0.15) is 15.5 Å². The summed E-state index contributed by atoms with van der Waals surface area (Å²) in [7, 11) is 0.